The zero-order valence-corrected chi connectivity index (χ0v) is 22.5. The summed E-state index contributed by atoms with van der Waals surface area (Å²) in [4.78, 5) is 29.6. The molecule has 0 aliphatic carbocycles. The van der Waals surface area contributed by atoms with Gasteiger partial charge in [0.25, 0.3) is 5.91 Å². The predicted octanol–water partition coefficient (Wildman–Crippen LogP) is 4.35. The highest BCUT2D eigenvalue weighted by Crippen LogP contribution is 2.41. The number of anilines is 2. The Morgan fingerprint density at radius 2 is 1.87 bits per heavy atom. The molecule has 3 aromatic heterocycles. The normalized spacial score (nSPS) is 11.3. The number of nitrogens with one attached hydrogen (secondary N) is 1. The second kappa shape index (κ2) is 10.4. The summed E-state index contributed by atoms with van der Waals surface area (Å²) in [5.74, 6) is 1.58. The topological polar surface area (TPSA) is 155 Å². The zero-order chi connectivity index (χ0) is 27.8. The Morgan fingerprint density at radius 3 is 2.56 bits per heavy atom. The lowest BCUT2D eigenvalue weighted by molar-refractivity contribution is -0.0760. The monoisotopic (exact) mass is 550 g/mol. The number of nitrogen functional groups attached to an aromatic ring is 2. The zero-order valence-electron chi connectivity index (χ0n) is 21.8. The van der Waals surface area contributed by atoms with Crippen molar-refractivity contribution in [3.63, 3.8) is 0 Å². The van der Waals surface area contributed by atoms with E-state index in [-0.39, 0.29) is 24.1 Å². The molecule has 0 radical (unpaired) electrons. The van der Waals surface area contributed by atoms with Crippen molar-refractivity contribution >= 4 is 51.1 Å². The molecule has 0 aliphatic heterocycles. The van der Waals surface area contributed by atoms with Gasteiger partial charge in [0.2, 0.25) is 11.7 Å². The van der Waals surface area contributed by atoms with Gasteiger partial charge < -0.3 is 30.3 Å². The highest BCUT2D eigenvalue weighted by molar-refractivity contribution is 6.31. The first-order valence-electron chi connectivity index (χ1n) is 11.9. The van der Waals surface area contributed by atoms with Crippen molar-refractivity contribution < 1.29 is 23.5 Å². The van der Waals surface area contributed by atoms with E-state index in [1.807, 2.05) is 24.3 Å². The number of nitrogens with two attached hydrogens (primary N) is 2. The van der Waals surface area contributed by atoms with Crippen LogP contribution in [0.25, 0.3) is 21.9 Å². The number of carbonyl (C=O) groups is 1. The van der Waals surface area contributed by atoms with Crippen molar-refractivity contribution in [3.05, 3.63) is 69.7 Å². The summed E-state index contributed by atoms with van der Waals surface area (Å²) < 4.78 is 17.6. The average Bonchev–Trinajstić information content (AvgIpc) is 3.50. The molecule has 2 aromatic carbocycles. The third kappa shape index (κ3) is 4.77. The second-order valence-corrected chi connectivity index (χ2v) is 9.31. The Hall–Kier alpha value is -4.48. The van der Waals surface area contributed by atoms with Gasteiger partial charge in [0, 0.05) is 53.0 Å². The fourth-order valence-corrected chi connectivity index (χ4v) is 4.79. The second-order valence-electron chi connectivity index (χ2n) is 8.87. The number of aromatic nitrogens is 3. The standard InChI is InChI=1S/C27H27ClN6O5/c1-34(38-4)26(35)22-19(18-9-15(28)5-6-20(18)32-22)11-16-10-17-13(7-14-12-31-27(30)33-25(14)29)8-21(36-2)24(37-3)23(17)39-16/h5-6,8-10,12,32H,7,11H2,1-4H3,(H4,29,30,31,33). The van der Waals surface area contributed by atoms with Gasteiger partial charge in [0.1, 0.15) is 17.3 Å². The summed E-state index contributed by atoms with van der Waals surface area (Å²) in [7, 11) is 6.07. The lowest BCUT2D eigenvalue weighted by atomic mass is 10.0. The fraction of sp³-hybridized carbons (Fsp3) is 0.222. The van der Waals surface area contributed by atoms with E-state index in [4.69, 9.17) is 41.8 Å². The molecular weight excluding hydrogens is 524 g/mol. The molecule has 0 aliphatic rings. The molecule has 0 saturated heterocycles. The summed E-state index contributed by atoms with van der Waals surface area (Å²) in [6.45, 7) is 0. The molecule has 12 heteroatoms. The molecule has 5 rings (SSSR count). The van der Waals surface area contributed by atoms with E-state index in [1.54, 1.807) is 33.5 Å². The van der Waals surface area contributed by atoms with E-state index < -0.39 is 0 Å². The molecule has 0 spiro atoms. The maximum absolute atomic E-state index is 13.1. The van der Waals surface area contributed by atoms with Gasteiger partial charge >= 0.3 is 0 Å². The van der Waals surface area contributed by atoms with E-state index in [0.29, 0.717) is 51.1 Å². The molecule has 0 bridgehead atoms. The van der Waals surface area contributed by atoms with Crippen LogP contribution in [-0.2, 0) is 17.7 Å². The Kier molecular flexibility index (Phi) is 6.94. The number of halogens is 1. The molecule has 5 N–H and O–H groups in total. The van der Waals surface area contributed by atoms with Crippen molar-refractivity contribution in [3.8, 4) is 11.5 Å². The molecule has 5 aromatic rings. The molecule has 3 heterocycles. The number of carbonyl (C=O) groups excluding carboxylic acids is 1. The van der Waals surface area contributed by atoms with Crippen molar-refractivity contribution in [1.82, 2.24) is 20.0 Å². The SMILES string of the molecule is COc1cc(Cc2cnc(N)nc2N)c2cc(Cc3c(C(=O)N(C)OC)[nH]c4ccc(Cl)cc34)oc2c1OC. The number of aromatic amines is 1. The summed E-state index contributed by atoms with van der Waals surface area (Å²) in [5.41, 5.74) is 15.7. The van der Waals surface area contributed by atoms with Gasteiger partial charge in [0.15, 0.2) is 11.3 Å². The Morgan fingerprint density at radius 1 is 1.08 bits per heavy atom. The molecule has 0 unspecified atom stereocenters. The Labute approximate surface area is 228 Å². The van der Waals surface area contributed by atoms with Gasteiger partial charge in [-0.15, -0.1) is 0 Å². The highest BCUT2D eigenvalue weighted by Gasteiger charge is 2.25. The minimum Gasteiger partial charge on any atom is -0.493 e. The van der Waals surface area contributed by atoms with Crippen LogP contribution in [0.2, 0.25) is 5.02 Å². The molecule has 0 fully saturated rings. The van der Waals surface area contributed by atoms with Gasteiger partial charge in [-0.2, -0.15) is 4.98 Å². The number of hydrogen-bond donors (Lipinski definition) is 3. The third-order valence-corrected chi connectivity index (χ3v) is 6.81. The van der Waals surface area contributed by atoms with Crippen LogP contribution in [0, 0.1) is 0 Å². The number of hydroxylamine groups is 2. The lowest BCUT2D eigenvalue weighted by Gasteiger charge is -2.13. The number of methoxy groups -OCH3 is 2. The first-order chi connectivity index (χ1) is 18.7. The number of H-pyrrole nitrogens is 1. The van der Waals surface area contributed by atoms with Crippen molar-refractivity contribution in [2.45, 2.75) is 12.8 Å². The van der Waals surface area contributed by atoms with Crippen molar-refractivity contribution in [2.24, 2.45) is 0 Å². The van der Waals surface area contributed by atoms with E-state index in [9.17, 15) is 4.79 Å². The molecule has 1 amide bonds. The predicted molar refractivity (Wildman–Crippen MR) is 148 cm³/mol. The van der Waals surface area contributed by atoms with E-state index in [0.717, 1.165) is 26.9 Å². The molecule has 202 valence electrons. The number of amides is 1. The molecule has 11 nitrogen and oxygen atoms in total. The van der Waals surface area contributed by atoms with Gasteiger partial charge in [-0.3, -0.25) is 9.63 Å². The summed E-state index contributed by atoms with van der Waals surface area (Å²) >= 11 is 6.31. The minimum absolute atomic E-state index is 0.0996. The van der Waals surface area contributed by atoms with Crippen LogP contribution in [0.15, 0.2) is 40.9 Å². The largest absolute Gasteiger partial charge is 0.493 e. The highest BCUT2D eigenvalue weighted by atomic mass is 35.5. The van der Waals surface area contributed by atoms with Crippen LogP contribution < -0.4 is 20.9 Å². The number of rotatable bonds is 8. The number of nitrogens with zero attached hydrogens (tertiary/aromatic N) is 3. The number of benzene rings is 2. The van der Waals surface area contributed by atoms with Crippen molar-refractivity contribution in [2.75, 3.05) is 39.8 Å². The summed E-state index contributed by atoms with van der Waals surface area (Å²) in [5, 5.41) is 3.29. The van der Waals surface area contributed by atoms with Crippen LogP contribution in [0.3, 0.4) is 0 Å². The van der Waals surface area contributed by atoms with E-state index >= 15 is 0 Å². The number of ether oxygens (including phenoxy) is 2. The van der Waals surface area contributed by atoms with Crippen LogP contribution >= 0.6 is 11.6 Å². The van der Waals surface area contributed by atoms with Gasteiger partial charge in [0.05, 0.1) is 21.3 Å². The number of fused-ring (bicyclic) bond motifs is 2. The molecular formula is C27H27ClN6O5. The summed E-state index contributed by atoms with van der Waals surface area (Å²) in [6.07, 6.45) is 2.28. The third-order valence-electron chi connectivity index (χ3n) is 6.58. The van der Waals surface area contributed by atoms with E-state index in [2.05, 4.69) is 15.0 Å². The van der Waals surface area contributed by atoms with E-state index in [1.165, 1.54) is 7.11 Å². The van der Waals surface area contributed by atoms with Crippen LogP contribution in [-0.4, -0.2) is 54.3 Å². The minimum atomic E-state index is -0.338. The van der Waals surface area contributed by atoms with Gasteiger partial charge in [-0.05, 0) is 41.5 Å². The first kappa shape index (κ1) is 26.1. The molecule has 0 atom stereocenters. The van der Waals surface area contributed by atoms with Gasteiger partial charge in [-0.25, -0.2) is 10.0 Å². The first-order valence-corrected chi connectivity index (χ1v) is 12.3. The fourth-order valence-electron chi connectivity index (χ4n) is 4.62. The maximum atomic E-state index is 13.1. The lowest BCUT2D eigenvalue weighted by Crippen LogP contribution is -2.26. The van der Waals surface area contributed by atoms with Crippen molar-refractivity contribution in [1.29, 1.82) is 0 Å². The average molecular weight is 551 g/mol. The van der Waals surface area contributed by atoms with Crippen LogP contribution in [0.1, 0.15) is 32.9 Å². The summed E-state index contributed by atoms with van der Waals surface area (Å²) in [6, 6.07) is 9.18. The molecule has 39 heavy (non-hydrogen) atoms. The quantitative estimate of drug-likeness (QED) is 0.239. The maximum Gasteiger partial charge on any atom is 0.293 e. The van der Waals surface area contributed by atoms with Gasteiger partial charge in [-0.1, -0.05) is 11.6 Å². The van der Waals surface area contributed by atoms with Crippen LogP contribution in [0.4, 0.5) is 11.8 Å². The van der Waals surface area contributed by atoms with Crippen LogP contribution in [0.5, 0.6) is 11.5 Å². The smallest absolute Gasteiger partial charge is 0.293 e. The number of hydrogen-bond acceptors (Lipinski definition) is 9. The Balaban J connectivity index is 1.66. The Bertz CT molecular complexity index is 1710. The molecule has 0 saturated carbocycles. The number of furan rings is 1.